The number of allylic oxidation sites excluding steroid dienone is 21. The van der Waals surface area contributed by atoms with Crippen molar-refractivity contribution in [2.45, 2.75) is 154 Å². The molecule has 0 heterocycles. The van der Waals surface area contributed by atoms with E-state index in [0.29, 0.717) is 12.8 Å². The first-order chi connectivity index (χ1) is 39.5. The van der Waals surface area contributed by atoms with Crippen molar-refractivity contribution in [2.24, 2.45) is 11.3 Å². The summed E-state index contributed by atoms with van der Waals surface area (Å²) in [7, 11) is 0.500. The summed E-state index contributed by atoms with van der Waals surface area (Å²) >= 11 is 0. The molecule has 0 saturated heterocycles. The molecule has 2 aliphatic carbocycles. The second kappa shape index (κ2) is 28.7. The van der Waals surface area contributed by atoms with E-state index in [1.54, 1.807) is 0 Å². The SMILES string of the molecule is C=C/C(F)=C(\C=C/C)C(=C(/C)C1=CC=C(C2=C=C(C(C)(C)C)C=C2)C(CC)C1)/C(=C(C)/C(=C(C)/C(=C(/C(=C)CCCC)C(C)c1ccc(-c2ccc(C(C)(C)C)cc2)cc1)c1ccccc1)c1c(C)cc(C)cc1C)c1ccccc1.CF. The van der Waals surface area contributed by atoms with Crippen LogP contribution in [-0.2, 0) is 5.41 Å². The minimum Gasteiger partial charge on any atom is -0.255 e. The van der Waals surface area contributed by atoms with E-state index in [1.807, 2.05) is 19.1 Å². The Hall–Kier alpha value is -7.38. The van der Waals surface area contributed by atoms with E-state index in [1.165, 1.54) is 78.4 Å². The van der Waals surface area contributed by atoms with Crippen LogP contribution in [0.15, 0.2) is 250 Å². The van der Waals surface area contributed by atoms with Crippen LogP contribution in [0.1, 0.15) is 173 Å². The van der Waals surface area contributed by atoms with Crippen molar-refractivity contribution in [2.75, 3.05) is 7.18 Å². The average Bonchev–Trinajstić information content (AvgIpc) is 3.40. The lowest BCUT2D eigenvalue weighted by Gasteiger charge is -2.30. The normalized spacial score (nSPS) is 16.4. The largest absolute Gasteiger partial charge is 0.255 e. The van der Waals surface area contributed by atoms with Crippen LogP contribution in [0.5, 0.6) is 0 Å². The van der Waals surface area contributed by atoms with Gasteiger partial charge in [-0.05, 0) is 215 Å². The summed E-state index contributed by atoms with van der Waals surface area (Å²) in [6.45, 7) is 45.1. The Balaban J connectivity index is 0.00000547. The number of hydrogen-bond donors (Lipinski definition) is 0. The van der Waals surface area contributed by atoms with Crippen molar-refractivity contribution in [1.82, 2.24) is 0 Å². The minimum absolute atomic E-state index is 0.00152. The van der Waals surface area contributed by atoms with Crippen molar-refractivity contribution in [3.8, 4) is 11.1 Å². The summed E-state index contributed by atoms with van der Waals surface area (Å²) in [5, 5.41) is 0. The fourth-order valence-electron chi connectivity index (χ4n) is 12.3. The lowest BCUT2D eigenvalue weighted by molar-refractivity contribution is 0.519. The van der Waals surface area contributed by atoms with Gasteiger partial charge in [-0.3, -0.25) is 4.39 Å². The number of unbranched alkanes of at least 4 members (excludes halogenated alkanes) is 1. The first kappa shape index (κ1) is 64.8. The molecule has 2 unspecified atom stereocenters. The van der Waals surface area contributed by atoms with Crippen LogP contribution in [-0.4, -0.2) is 7.18 Å². The van der Waals surface area contributed by atoms with Crippen molar-refractivity contribution in [3.63, 3.8) is 0 Å². The quantitative estimate of drug-likeness (QED) is 0.0571. The van der Waals surface area contributed by atoms with Crippen LogP contribution in [0, 0.1) is 32.1 Å². The van der Waals surface area contributed by atoms with E-state index in [-0.39, 0.29) is 28.5 Å². The highest BCUT2D eigenvalue weighted by molar-refractivity contribution is 6.04. The molecule has 0 saturated carbocycles. The van der Waals surface area contributed by atoms with Gasteiger partial charge < -0.3 is 0 Å². The second-order valence-electron chi connectivity index (χ2n) is 24.8. The summed E-state index contributed by atoms with van der Waals surface area (Å²) in [6.07, 6.45) is 19.1. The molecule has 0 bridgehead atoms. The van der Waals surface area contributed by atoms with E-state index in [4.69, 9.17) is 6.58 Å². The molecule has 2 aliphatic rings. The lowest BCUT2D eigenvalue weighted by atomic mass is 9.74. The van der Waals surface area contributed by atoms with Gasteiger partial charge in [-0.1, -0.05) is 239 Å². The Morgan fingerprint density at radius 2 is 1.25 bits per heavy atom. The molecular weight excluding hydrogens is 1010 g/mol. The third-order valence-electron chi connectivity index (χ3n) is 16.8. The number of hydrogen-bond acceptors (Lipinski definition) is 0. The fourth-order valence-corrected chi connectivity index (χ4v) is 12.3. The maximum Gasteiger partial charge on any atom is 0.130 e. The number of alkyl halides is 1. The van der Waals surface area contributed by atoms with Crippen LogP contribution in [0.3, 0.4) is 0 Å². The molecule has 7 rings (SSSR count). The third-order valence-corrected chi connectivity index (χ3v) is 16.8. The van der Waals surface area contributed by atoms with Gasteiger partial charge in [-0.15, -0.1) is 5.73 Å². The molecule has 5 aromatic rings. The smallest absolute Gasteiger partial charge is 0.130 e. The molecule has 432 valence electrons. The summed E-state index contributed by atoms with van der Waals surface area (Å²) in [5.41, 5.74) is 30.9. The van der Waals surface area contributed by atoms with Gasteiger partial charge in [0.05, 0.1) is 7.18 Å². The predicted octanol–water partition coefficient (Wildman–Crippen LogP) is 24.1. The van der Waals surface area contributed by atoms with E-state index in [9.17, 15) is 4.39 Å². The molecular formula is C81H94F2. The molecule has 5 aromatic carbocycles. The van der Waals surface area contributed by atoms with Crippen molar-refractivity contribution in [3.05, 3.63) is 294 Å². The Morgan fingerprint density at radius 1 is 0.711 bits per heavy atom. The second-order valence-corrected chi connectivity index (χ2v) is 24.8. The zero-order valence-electron chi connectivity index (χ0n) is 53.4. The lowest BCUT2D eigenvalue weighted by Crippen LogP contribution is -2.12. The Kier molecular flexibility index (Phi) is 22.4. The molecule has 0 spiro atoms. The van der Waals surface area contributed by atoms with Crippen LogP contribution < -0.4 is 0 Å². The van der Waals surface area contributed by atoms with E-state index in [0.717, 1.165) is 87.8 Å². The Bertz CT molecular complexity index is 3500. The molecule has 83 heavy (non-hydrogen) atoms. The van der Waals surface area contributed by atoms with Crippen molar-refractivity contribution in [1.29, 1.82) is 0 Å². The molecule has 0 aromatic heterocycles. The molecule has 0 aliphatic heterocycles. The molecule has 0 radical (unpaired) electrons. The summed E-state index contributed by atoms with van der Waals surface area (Å²) in [6, 6.07) is 44.6. The molecule has 0 N–H and O–H groups in total. The van der Waals surface area contributed by atoms with Gasteiger partial charge in [0.25, 0.3) is 0 Å². The van der Waals surface area contributed by atoms with Crippen LogP contribution in [0.2, 0.25) is 0 Å². The maximum absolute atomic E-state index is 17.3. The maximum atomic E-state index is 17.3. The Morgan fingerprint density at radius 3 is 1.75 bits per heavy atom. The van der Waals surface area contributed by atoms with Gasteiger partial charge in [0.2, 0.25) is 0 Å². The van der Waals surface area contributed by atoms with Gasteiger partial charge >= 0.3 is 0 Å². The average molecular weight is 1110 g/mol. The van der Waals surface area contributed by atoms with E-state index < -0.39 is 0 Å². The van der Waals surface area contributed by atoms with E-state index >= 15 is 4.39 Å². The summed E-state index contributed by atoms with van der Waals surface area (Å²) in [5.74, 6) is -0.132. The summed E-state index contributed by atoms with van der Waals surface area (Å²) < 4.78 is 26.8. The highest BCUT2D eigenvalue weighted by Gasteiger charge is 2.31. The number of benzene rings is 5. The Labute approximate surface area is 501 Å². The predicted molar refractivity (Wildman–Crippen MR) is 360 cm³/mol. The zero-order chi connectivity index (χ0) is 60.9. The van der Waals surface area contributed by atoms with Gasteiger partial charge in [0, 0.05) is 22.6 Å². The van der Waals surface area contributed by atoms with Gasteiger partial charge in [0.1, 0.15) is 5.83 Å². The van der Waals surface area contributed by atoms with Gasteiger partial charge in [-0.25, -0.2) is 4.39 Å². The molecule has 0 fully saturated rings. The van der Waals surface area contributed by atoms with Crippen LogP contribution in [0.25, 0.3) is 27.8 Å². The number of aryl methyl sites for hydroxylation is 3. The number of halogens is 2. The first-order valence-electron chi connectivity index (χ1n) is 30.1. The van der Waals surface area contributed by atoms with Crippen molar-refractivity contribution >= 4 is 16.7 Å². The standard InChI is InChI=1S/C80H91F.CH3F/c1-19-23-31-53(6)74(56(9)61-36-38-62(39-37-61)63-40-44-68(45-41-63)79(13,14)15)76(64-32-26-24-27-33-64)58(11)75(73-54(7)48-52(5)49-55(73)8)59(12)77(65-34-28-25-29-35-65)78(71(30-20-2)72(81)22-4)57(10)66-43-47-70(60(21-3)50-66)67-42-46-69(51-67)80(16,17)18;1-2/h20,22,24-30,32-49,56,60H,4,6,19,21,23,31,50H2,1-3,5,7-18H3;1H3/b30-20-,72-71-,75-58-,76-74+,77-59+,78-57+;. The minimum atomic E-state index is -0.365. The third kappa shape index (κ3) is 15.1. The highest BCUT2D eigenvalue weighted by atomic mass is 19.1. The highest BCUT2D eigenvalue weighted by Crippen LogP contribution is 2.50. The van der Waals surface area contributed by atoms with Crippen LogP contribution >= 0.6 is 0 Å². The zero-order valence-corrected chi connectivity index (χ0v) is 53.4. The van der Waals surface area contributed by atoms with Gasteiger partial charge in [0.15, 0.2) is 0 Å². The molecule has 0 amide bonds. The monoisotopic (exact) mass is 1100 g/mol. The molecule has 2 atom stereocenters. The molecule has 0 nitrogen and oxygen atoms in total. The number of rotatable bonds is 19. The van der Waals surface area contributed by atoms with E-state index in [2.05, 4.69) is 262 Å². The van der Waals surface area contributed by atoms with Crippen molar-refractivity contribution < 1.29 is 8.78 Å². The topological polar surface area (TPSA) is 0 Å². The summed E-state index contributed by atoms with van der Waals surface area (Å²) in [4.78, 5) is 0. The van der Waals surface area contributed by atoms with Crippen LogP contribution in [0.4, 0.5) is 8.78 Å². The van der Waals surface area contributed by atoms with Gasteiger partial charge in [-0.2, -0.15) is 0 Å². The molecule has 2 heteroatoms. The fraction of sp³-hybridized carbons (Fsp3) is 0.321. The first-order valence-corrected chi connectivity index (χ1v) is 30.1.